The molecule has 3 aliphatic heterocycles. The molecular weight excluding hydrogens is 407 g/mol. The van der Waals surface area contributed by atoms with Crippen molar-refractivity contribution in [2.24, 2.45) is 5.92 Å². The molecule has 0 spiro atoms. The van der Waals surface area contributed by atoms with Crippen LogP contribution < -0.4 is 5.32 Å². The maximum absolute atomic E-state index is 12.9. The number of halogens is 4. The van der Waals surface area contributed by atoms with Gasteiger partial charge in [0, 0.05) is 44.7 Å². The Bertz CT molecular complexity index is 774. The van der Waals surface area contributed by atoms with Crippen molar-refractivity contribution in [2.75, 3.05) is 19.6 Å². The van der Waals surface area contributed by atoms with E-state index in [2.05, 4.69) is 5.32 Å². The molecule has 0 aliphatic carbocycles. The van der Waals surface area contributed by atoms with Crippen LogP contribution in [0.2, 0.25) is 0 Å². The van der Waals surface area contributed by atoms with Gasteiger partial charge >= 0.3 is 6.18 Å². The van der Waals surface area contributed by atoms with E-state index in [0.29, 0.717) is 30.7 Å². The third kappa shape index (κ3) is 4.86. The Morgan fingerprint density at radius 2 is 1.90 bits per heavy atom. The Morgan fingerprint density at radius 3 is 2.66 bits per heavy atom. The summed E-state index contributed by atoms with van der Waals surface area (Å²) in [6.07, 6.45) is -1.13. The van der Waals surface area contributed by atoms with Gasteiger partial charge in [-0.05, 0) is 37.0 Å². The van der Waals surface area contributed by atoms with Gasteiger partial charge in [0.15, 0.2) is 0 Å². The molecule has 3 aliphatic rings. The molecular formula is C20H25ClF3N3O2. The lowest BCUT2D eigenvalue weighted by Crippen LogP contribution is -2.42. The third-order valence-corrected chi connectivity index (χ3v) is 6.03. The number of nitrogens with one attached hydrogen (secondary N) is 1. The van der Waals surface area contributed by atoms with Crippen LogP contribution in [-0.2, 0) is 22.3 Å². The summed E-state index contributed by atoms with van der Waals surface area (Å²) < 4.78 is 38.7. The van der Waals surface area contributed by atoms with Gasteiger partial charge in [0.25, 0.3) is 0 Å². The second-order valence-electron chi connectivity index (χ2n) is 8.08. The molecule has 3 fully saturated rings. The minimum Gasteiger partial charge on any atom is -0.341 e. The molecule has 2 amide bonds. The summed E-state index contributed by atoms with van der Waals surface area (Å²) in [5.74, 6) is -0.589. The van der Waals surface area contributed by atoms with Gasteiger partial charge in [0.2, 0.25) is 11.8 Å². The number of fused-ring (bicyclic) bond motifs is 2. The minimum absolute atomic E-state index is 0. The maximum Gasteiger partial charge on any atom is 0.416 e. The van der Waals surface area contributed by atoms with E-state index in [1.54, 1.807) is 6.07 Å². The molecule has 0 saturated carbocycles. The van der Waals surface area contributed by atoms with E-state index in [1.807, 2.05) is 4.90 Å². The average Bonchev–Trinajstić information content (AvgIpc) is 3.16. The number of nitrogens with zero attached hydrogens (tertiary/aromatic N) is 2. The lowest BCUT2D eigenvalue weighted by Gasteiger charge is -2.27. The summed E-state index contributed by atoms with van der Waals surface area (Å²) >= 11 is 0. The van der Waals surface area contributed by atoms with E-state index in [4.69, 9.17) is 0 Å². The van der Waals surface area contributed by atoms with Crippen molar-refractivity contribution in [3.05, 3.63) is 35.4 Å². The number of hydrogen-bond donors (Lipinski definition) is 1. The van der Waals surface area contributed by atoms with Crippen molar-refractivity contribution in [2.45, 2.75) is 50.5 Å². The fraction of sp³-hybridized carbons (Fsp3) is 0.600. The number of amides is 2. The standard InChI is InChI=1S/C20H24F3N3O2.ClH/c21-20(22,23)15-3-1-2-13(8-15)10-26-11-14(9-18(26)27)19(28)25-7-6-16-4-5-17(12-25)24-16;/h1-3,8,14,16-17,24H,4-7,9-12H2;1H. The zero-order chi connectivity index (χ0) is 19.9. The van der Waals surface area contributed by atoms with E-state index in [0.717, 1.165) is 31.4 Å². The second kappa shape index (κ2) is 8.52. The first-order chi connectivity index (χ1) is 13.3. The van der Waals surface area contributed by atoms with Crippen LogP contribution in [0.25, 0.3) is 0 Å². The summed E-state index contributed by atoms with van der Waals surface area (Å²) in [4.78, 5) is 28.7. The first-order valence-corrected chi connectivity index (χ1v) is 9.78. The largest absolute Gasteiger partial charge is 0.416 e. The summed E-state index contributed by atoms with van der Waals surface area (Å²) in [6.45, 7) is 1.74. The van der Waals surface area contributed by atoms with E-state index < -0.39 is 17.7 Å². The van der Waals surface area contributed by atoms with E-state index in [9.17, 15) is 22.8 Å². The van der Waals surface area contributed by atoms with Gasteiger partial charge in [-0.25, -0.2) is 0 Å². The number of carbonyl (C=O) groups is 2. The van der Waals surface area contributed by atoms with Gasteiger partial charge in [-0.15, -0.1) is 12.4 Å². The number of benzene rings is 1. The van der Waals surface area contributed by atoms with Crippen LogP contribution in [0.15, 0.2) is 24.3 Å². The maximum atomic E-state index is 12.9. The Morgan fingerprint density at radius 1 is 1.14 bits per heavy atom. The van der Waals surface area contributed by atoms with E-state index in [-0.39, 0.29) is 43.7 Å². The fourth-order valence-electron chi connectivity index (χ4n) is 4.56. The predicted octanol–water partition coefficient (Wildman–Crippen LogP) is 2.83. The summed E-state index contributed by atoms with van der Waals surface area (Å²) in [6, 6.07) is 5.82. The molecule has 5 nitrogen and oxygen atoms in total. The van der Waals surface area contributed by atoms with Gasteiger partial charge in [-0.1, -0.05) is 12.1 Å². The van der Waals surface area contributed by atoms with Crippen molar-refractivity contribution in [3.8, 4) is 0 Å². The van der Waals surface area contributed by atoms with Crippen molar-refractivity contribution >= 4 is 24.2 Å². The van der Waals surface area contributed by atoms with Crippen LogP contribution in [0, 0.1) is 5.92 Å². The molecule has 3 saturated heterocycles. The fourth-order valence-corrected chi connectivity index (χ4v) is 4.56. The Kier molecular flexibility index (Phi) is 6.43. The lowest BCUT2D eigenvalue weighted by molar-refractivity contribution is -0.137. The SMILES string of the molecule is Cl.O=C1CC(C(=O)N2CCC3CCC(C2)N3)CN1Cc1cccc(C(F)(F)F)c1. The van der Waals surface area contributed by atoms with Crippen LogP contribution in [0.3, 0.4) is 0 Å². The molecule has 1 N–H and O–H groups in total. The number of hydrogen-bond acceptors (Lipinski definition) is 3. The first-order valence-electron chi connectivity index (χ1n) is 9.78. The van der Waals surface area contributed by atoms with Gasteiger partial charge in [-0.3, -0.25) is 9.59 Å². The highest BCUT2D eigenvalue weighted by atomic mass is 35.5. The molecule has 0 radical (unpaired) electrons. The smallest absolute Gasteiger partial charge is 0.341 e. The molecule has 3 atom stereocenters. The van der Waals surface area contributed by atoms with Crippen molar-refractivity contribution < 1.29 is 22.8 Å². The van der Waals surface area contributed by atoms with Gasteiger partial charge in [0.05, 0.1) is 11.5 Å². The Labute approximate surface area is 174 Å². The van der Waals surface area contributed by atoms with Gasteiger partial charge < -0.3 is 15.1 Å². The first kappa shape index (κ1) is 21.9. The van der Waals surface area contributed by atoms with E-state index >= 15 is 0 Å². The molecule has 29 heavy (non-hydrogen) atoms. The monoisotopic (exact) mass is 431 g/mol. The lowest BCUT2D eigenvalue weighted by atomic mass is 10.0. The summed E-state index contributed by atoms with van der Waals surface area (Å²) in [5.41, 5.74) is -0.302. The average molecular weight is 432 g/mol. The van der Waals surface area contributed by atoms with Gasteiger partial charge in [-0.2, -0.15) is 13.2 Å². The molecule has 3 unspecified atom stereocenters. The number of carbonyl (C=O) groups excluding carboxylic acids is 2. The molecule has 1 aromatic carbocycles. The molecule has 4 rings (SSSR count). The highest BCUT2D eigenvalue weighted by Gasteiger charge is 2.39. The van der Waals surface area contributed by atoms with Gasteiger partial charge in [0.1, 0.15) is 0 Å². The second-order valence-corrected chi connectivity index (χ2v) is 8.08. The third-order valence-electron chi connectivity index (χ3n) is 6.03. The minimum atomic E-state index is -4.41. The quantitative estimate of drug-likeness (QED) is 0.800. The number of likely N-dealkylation sites (tertiary alicyclic amines) is 2. The molecule has 1 aromatic rings. The van der Waals surface area contributed by atoms with Crippen LogP contribution in [0.1, 0.15) is 36.8 Å². The van der Waals surface area contributed by atoms with Crippen molar-refractivity contribution in [1.82, 2.24) is 15.1 Å². The van der Waals surface area contributed by atoms with Crippen LogP contribution in [0.5, 0.6) is 0 Å². The summed E-state index contributed by atoms with van der Waals surface area (Å²) in [7, 11) is 0. The molecule has 9 heteroatoms. The predicted molar refractivity (Wildman–Crippen MR) is 103 cm³/mol. The Balaban J connectivity index is 0.00000240. The van der Waals surface area contributed by atoms with Crippen LogP contribution in [-0.4, -0.2) is 53.3 Å². The number of rotatable bonds is 3. The highest BCUT2D eigenvalue weighted by molar-refractivity contribution is 5.89. The van der Waals surface area contributed by atoms with Crippen LogP contribution >= 0.6 is 12.4 Å². The van der Waals surface area contributed by atoms with E-state index in [1.165, 1.54) is 11.0 Å². The summed E-state index contributed by atoms with van der Waals surface area (Å²) in [5, 5.41) is 3.53. The molecule has 160 valence electrons. The number of alkyl halides is 3. The topological polar surface area (TPSA) is 52.7 Å². The molecule has 0 aromatic heterocycles. The zero-order valence-corrected chi connectivity index (χ0v) is 16.8. The highest BCUT2D eigenvalue weighted by Crippen LogP contribution is 2.31. The molecule has 2 bridgehead atoms. The van der Waals surface area contributed by atoms with Crippen molar-refractivity contribution in [1.29, 1.82) is 0 Å². The zero-order valence-electron chi connectivity index (χ0n) is 16.0. The van der Waals surface area contributed by atoms with Crippen molar-refractivity contribution in [3.63, 3.8) is 0 Å². The Hall–Kier alpha value is -1.80. The molecule has 3 heterocycles. The van der Waals surface area contributed by atoms with Crippen LogP contribution in [0.4, 0.5) is 13.2 Å². The normalized spacial score (nSPS) is 27.0.